The normalized spacial score (nSPS) is 12.4. The Morgan fingerprint density at radius 3 is 2.74 bits per heavy atom. The molecule has 0 atom stereocenters. The van der Waals surface area contributed by atoms with Gasteiger partial charge in [-0.1, -0.05) is 36.9 Å². The van der Waals surface area contributed by atoms with Gasteiger partial charge in [-0.2, -0.15) is 0 Å². The maximum atomic E-state index is 12.4. The van der Waals surface area contributed by atoms with Crippen molar-refractivity contribution in [3.63, 3.8) is 0 Å². The summed E-state index contributed by atoms with van der Waals surface area (Å²) in [5, 5.41) is 4.86. The molecule has 0 radical (unpaired) electrons. The van der Waals surface area contributed by atoms with E-state index in [-0.39, 0.29) is 12.7 Å². The van der Waals surface area contributed by atoms with Crippen molar-refractivity contribution in [2.24, 2.45) is 0 Å². The van der Waals surface area contributed by atoms with E-state index >= 15 is 0 Å². The molecule has 0 fully saturated rings. The zero-order valence-corrected chi connectivity index (χ0v) is 16.1. The highest BCUT2D eigenvalue weighted by molar-refractivity contribution is 8.00. The molecule has 0 spiro atoms. The molecule has 1 amide bonds. The number of nitrogens with one attached hydrogen (secondary N) is 1. The number of benzene rings is 2. The smallest absolute Gasteiger partial charge is 0.234 e. The summed E-state index contributed by atoms with van der Waals surface area (Å²) in [6.45, 7) is 4.31. The molecule has 27 heavy (non-hydrogen) atoms. The molecular formula is C21H20N2O3S. The van der Waals surface area contributed by atoms with Crippen LogP contribution < -0.4 is 14.8 Å². The first-order chi connectivity index (χ1) is 13.1. The fourth-order valence-corrected chi connectivity index (χ4v) is 3.89. The highest BCUT2D eigenvalue weighted by atomic mass is 32.2. The lowest BCUT2D eigenvalue weighted by Gasteiger charge is -2.11. The molecule has 4 rings (SSSR count). The number of hydrogen-bond donors (Lipinski definition) is 1. The molecule has 0 bridgehead atoms. The van der Waals surface area contributed by atoms with Crippen LogP contribution in [0.4, 0.5) is 5.69 Å². The molecular weight excluding hydrogens is 360 g/mol. The monoisotopic (exact) mass is 380 g/mol. The Balaban J connectivity index is 1.53. The number of rotatable bonds is 5. The summed E-state index contributed by atoms with van der Waals surface area (Å²) in [5.41, 5.74) is 3.86. The molecule has 1 N–H and O–H groups in total. The lowest BCUT2D eigenvalue weighted by molar-refractivity contribution is -0.113. The van der Waals surface area contributed by atoms with Gasteiger partial charge in [-0.05, 0) is 42.7 Å². The number of carbonyl (C=O) groups is 1. The van der Waals surface area contributed by atoms with Gasteiger partial charge in [-0.15, -0.1) is 0 Å². The Hall–Kier alpha value is -2.73. The van der Waals surface area contributed by atoms with E-state index in [1.165, 1.54) is 11.8 Å². The van der Waals surface area contributed by atoms with Gasteiger partial charge in [0.2, 0.25) is 12.7 Å². The van der Waals surface area contributed by atoms with Crippen molar-refractivity contribution in [3.05, 3.63) is 53.6 Å². The molecule has 0 saturated carbocycles. The van der Waals surface area contributed by atoms with Crippen LogP contribution in [0.2, 0.25) is 0 Å². The minimum atomic E-state index is -0.0380. The van der Waals surface area contributed by atoms with Crippen molar-refractivity contribution in [2.45, 2.75) is 25.3 Å². The SMILES string of the molecule is CCc1cc2cc3c(cc2nc1SCC(=O)Nc1ccccc1C)OCO3. The van der Waals surface area contributed by atoms with E-state index < -0.39 is 0 Å². The number of fused-ring (bicyclic) bond motifs is 2. The predicted molar refractivity (Wildman–Crippen MR) is 108 cm³/mol. The van der Waals surface area contributed by atoms with Crippen LogP contribution >= 0.6 is 11.8 Å². The van der Waals surface area contributed by atoms with E-state index in [1.54, 1.807) is 0 Å². The largest absolute Gasteiger partial charge is 0.454 e. The highest BCUT2D eigenvalue weighted by Crippen LogP contribution is 2.37. The number of aromatic nitrogens is 1. The average Bonchev–Trinajstić information content (AvgIpc) is 3.12. The summed E-state index contributed by atoms with van der Waals surface area (Å²) in [7, 11) is 0. The van der Waals surface area contributed by atoms with Gasteiger partial charge in [0.15, 0.2) is 11.5 Å². The minimum absolute atomic E-state index is 0.0380. The van der Waals surface area contributed by atoms with E-state index in [0.717, 1.165) is 44.9 Å². The van der Waals surface area contributed by atoms with Gasteiger partial charge in [0, 0.05) is 17.1 Å². The van der Waals surface area contributed by atoms with Crippen molar-refractivity contribution < 1.29 is 14.3 Å². The van der Waals surface area contributed by atoms with Gasteiger partial charge in [-0.25, -0.2) is 4.98 Å². The number of carbonyl (C=O) groups excluding carboxylic acids is 1. The van der Waals surface area contributed by atoms with Crippen LogP contribution in [0.5, 0.6) is 11.5 Å². The predicted octanol–water partition coefficient (Wildman–Crippen LogP) is 4.57. The van der Waals surface area contributed by atoms with Gasteiger partial charge >= 0.3 is 0 Å². The molecule has 0 aliphatic carbocycles. The lowest BCUT2D eigenvalue weighted by Crippen LogP contribution is -2.15. The van der Waals surface area contributed by atoms with Crippen molar-refractivity contribution in [1.82, 2.24) is 4.98 Å². The van der Waals surface area contributed by atoms with Crippen LogP contribution in [0, 0.1) is 6.92 Å². The van der Waals surface area contributed by atoms with E-state index in [1.807, 2.05) is 43.3 Å². The Morgan fingerprint density at radius 2 is 1.96 bits per heavy atom. The molecule has 138 valence electrons. The number of amides is 1. The van der Waals surface area contributed by atoms with Gasteiger partial charge in [0.25, 0.3) is 0 Å². The highest BCUT2D eigenvalue weighted by Gasteiger charge is 2.17. The Bertz CT molecular complexity index is 1020. The summed E-state index contributed by atoms with van der Waals surface area (Å²) >= 11 is 1.46. The summed E-state index contributed by atoms with van der Waals surface area (Å²) in [6.07, 6.45) is 0.846. The summed E-state index contributed by atoms with van der Waals surface area (Å²) in [6, 6.07) is 13.7. The number of thioether (sulfide) groups is 1. The van der Waals surface area contributed by atoms with Crippen LogP contribution in [0.15, 0.2) is 47.5 Å². The number of anilines is 1. The lowest BCUT2D eigenvalue weighted by atomic mass is 10.1. The van der Waals surface area contributed by atoms with E-state index in [0.29, 0.717) is 11.5 Å². The number of nitrogens with zero attached hydrogens (tertiary/aromatic N) is 1. The van der Waals surface area contributed by atoms with Crippen LogP contribution in [-0.4, -0.2) is 23.4 Å². The van der Waals surface area contributed by atoms with Crippen molar-refractivity contribution in [2.75, 3.05) is 17.9 Å². The summed E-state index contributed by atoms with van der Waals surface area (Å²) in [5.74, 6) is 1.74. The average molecular weight is 380 g/mol. The van der Waals surface area contributed by atoms with E-state index in [9.17, 15) is 4.79 Å². The van der Waals surface area contributed by atoms with E-state index in [2.05, 4.69) is 18.3 Å². The van der Waals surface area contributed by atoms with Crippen molar-refractivity contribution in [1.29, 1.82) is 0 Å². The minimum Gasteiger partial charge on any atom is -0.454 e. The fourth-order valence-electron chi connectivity index (χ4n) is 3.00. The van der Waals surface area contributed by atoms with Crippen LogP contribution in [0.3, 0.4) is 0 Å². The number of pyridine rings is 1. The maximum Gasteiger partial charge on any atom is 0.234 e. The third kappa shape index (κ3) is 3.71. The first-order valence-corrected chi connectivity index (χ1v) is 9.84. The molecule has 0 saturated heterocycles. The Morgan fingerprint density at radius 1 is 1.19 bits per heavy atom. The van der Waals surface area contributed by atoms with Crippen molar-refractivity contribution >= 4 is 34.3 Å². The van der Waals surface area contributed by atoms with Gasteiger partial charge in [0.05, 0.1) is 11.3 Å². The van der Waals surface area contributed by atoms with Crippen LogP contribution in [-0.2, 0) is 11.2 Å². The molecule has 1 aliphatic rings. The zero-order chi connectivity index (χ0) is 18.8. The molecule has 1 aliphatic heterocycles. The third-order valence-corrected chi connectivity index (χ3v) is 5.52. The first-order valence-electron chi connectivity index (χ1n) is 8.85. The Labute approximate surface area is 162 Å². The fraction of sp³-hybridized carbons (Fsp3) is 0.238. The molecule has 5 nitrogen and oxygen atoms in total. The molecule has 1 aromatic heterocycles. The van der Waals surface area contributed by atoms with Crippen molar-refractivity contribution in [3.8, 4) is 11.5 Å². The molecule has 2 heterocycles. The maximum absolute atomic E-state index is 12.4. The van der Waals surface area contributed by atoms with Gasteiger partial charge < -0.3 is 14.8 Å². The molecule has 3 aromatic rings. The molecule has 6 heteroatoms. The van der Waals surface area contributed by atoms with Gasteiger partial charge in [0.1, 0.15) is 5.03 Å². The zero-order valence-electron chi connectivity index (χ0n) is 15.2. The van der Waals surface area contributed by atoms with E-state index in [4.69, 9.17) is 14.5 Å². The second-order valence-corrected chi connectivity index (χ2v) is 7.32. The summed E-state index contributed by atoms with van der Waals surface area (Å²) < 4.78 is 10.9. The molecule has 0 unspecified atom stereocenters. The second-order valence-electron chi connectivity index (χ2n) is 6.36. The van der Waals surface area contributed by atoms with Crippen LogP contribution in [0.25, 0.3) is 10.9 Å². The first kappa shape index (κ1) is 17.7. The summed E-state index contributed by atoms with van der Waals surface area (Å²) in [4.78, 5) is 17.1. The number of aryl methyl sites for hydroxylation is 2. The third-order valence-electron chi connectivity index (χ3n) is 4.49. The second kappa shape index (κ2) is 7.48. The van der Waals surface area contributed by atoms with Gasteiger partial charge in [-0.3, -0.25) is 4.79 Å². The number of ether oxygens (including phenoxy) is 2. The standard InChI is InChI=1S/C21H20N2O3S/c1-3-14-8-15-9-18-19(26-12-25-18)10-17(15)23-21(14)27-11-20(24)22-16-7-5-4-6-13(16)2/h4-10H,3,11-12H2,1-2H3,(H,22,24). The quantitative estimate of drug-likeness (QED) is 0.657. The Kier molecular flexibility index (Phi) is 4.90. The number of para-hydroxylation sites is 1. The topological polar surface area (TPSA) is 60.5 Å². The van der Waals surface area contributed by atoms with Crippen LogP contribution in [0.1, 0.15) is 18.1 Å². The molecule has 2 aromatic carbocycles. The number of hydrogen-bond acceptors (Lipinski definition) is 5.